The topological polar surface area (TPSA) is 55.1 Å². The summed E-state index contributed by atoms with van der Waals surface area (Å²) in [5, 5.41) is 3.01. The van der Waals surface area contributed by atoms with Crippen LogP contribution in [0.15, 0.2) is 30.3 Å². The van der Waals surface area contributed by atoms with Gasteiger partial charge in [-0.05, 0) is 30.2 Å². The molecular formula is C17H28N2O. The predicted octanol–water partition coefficient (Wildman–Crippen LogP) is 2.75. The fraction of sp³-hybridized carbons (Fsp3) is 0.588. The van der Waals surface area contributed by atoms with Crippen LogP contribution in [0.5, 0.6) is 0 Å². The lowest BCUT2D eigenvalue weighted by molar-refractivity contribution is -0.125. The second kappa shape index (κ2) is 8.05. The van der Waals surface area contributed by atoms with Crippen LogP contribution in [0.3, 0.4) is 0 Å². The zero-order valence-electron chi connectivity index (χ0n) is 13.0. The van der Waals surface area contributed by atoms with Crippen LogP contribution in [0.25, 0.3) is 0 Å². The summed E-state index contributed by atoms with van der Waals surface area (Å²) in [5.41, 5.74) is 7.16. The van der Waals surface area contributed by atoms with Crippen LogP contribution in [-0.2, 0) is 11.2 Å². The minimum absolute atomic E-state index is 0.0771. The molecule has 0 heterocycles. The molecule has 1 atom stereocenters. The Morgan fingerprint density at radius 3 is 2.45 bits per heavy atom. The van der Waals surface area contributed by atoms with Crippen molar-refractivity contribution in [3.05, 3.63) is 35.9 Å². The Morgan fingerprint density at radius 2 is 1.90 bits per heavy atom. The van der Waals surface area contributed by atoms with Crippen molar-refractivity contribution in [2.24, 2.45) is 17.1 Å². The molecule has 3 heteroatoms. The molecule has 0 fully saturated rings. The van der Waals surface area contributed by atoms with E-state index in [1.54, 1.807) is 0 Å². The summed E-state index contributed by atoms with van der Waals surface area (Å²) in [6.07, 6.45) is 2.78. The van der Waals surface area contributed by atoms with Crippen molar-refractivity contribution in [3.8, 4) is 0 Å². The maximum absolute atomic E-state index is 12.1. The molecule has 1 rings (SSSR count). The van der Waals surface area contributed by atoms with Crippen LogP contribution in [0, 0.1) is 11.3 Å². The van der Waals surface area contributed by atoms with Crippen LogP contribution in [0.2, 0.25) is 0 Å². The maximum Gasteiger partial charge on any atom is 0.224 e. The first-order valence-corrected chi connectivity index (χ1v) is 7.44. The summed E-state index contributed by atoms with van der Waals surface area (Å²) < 4.78 is 0. The van der Waals surface area contributed by atoms with Crippen LogP contribution in [-0.4, -0.2) is 19.0 Å². The third-order valence-electron chi connectivity index (χ3n) is 3.30. The van der Waals surface area contributed by atoms with E-state index in [1.807, 2.05) is 18.2 Å². The molecular weight excluding hydrogens is 248 g/mol. The van der Waals surface area contributed by atoms with Crippen LogP contribution >= 0.6 is 0 Å². The number of carbonyl (C=O) groups is 1. The fourth-order valence-electron chi connectivity index (χ4n) is 2.32. The van der Waals surface area contributed by atoms with Gasteiger partial charge < -0.3 is 11.1 Å². The van der Waals surface area contributed by atoms with Crippen LogP contribution in [0.4, 0.5) is 0 Å². The van der Waals surface area contributed by atoms with Gasteiger partial charge in [0.05, 0.1) is 5.92 Å². The van der Waals surface area contributed by atoms with Gasteiger partial charge in [0.15, 0.2) is 0 Å². The lowest BCUT2D eigenvalue weighted by atomic mass is 9.84. The Labute approximate surface area is 122 Å². The van der Waals surface area contributed by atoms with E-state index < -0.39 is 0 Å². The molecule has 0 aliphatic heterocycles. The second-order valence-electron chi connectivity index (χ2n) is 6.58. The average molecular weight is 276 g/mol. The lowest BCUT2D eigenvalue weighted by Crippen LogP contribution is -2.37. The molecule has 3 nitrogen and oxygen atoms in total. The molecule has 112 valence electrons. The summed E-state index contributed by atoms with van der Waals surface area (Å²) in [6, 6.07) is 10.3. The van der Waals surface area contributed by atoms with Gasteiger partial charge in [-0.2, -0.15) is 0 Å². The molecule has 0 bridgehead atoms. The van der Waals surface area contributed by atoms with Crippen molar-refractivity contribution < 1.29 is 4.79 Å². The summed E-state index contributed by atoms with van der Waals surface area (Å²) in [6.45, 7) is 7.55. The number of nitrogens with one attached hydrogen (secondary N) is 1. The molecule has 0 saturated carbocycles. The van der Waals surface area contributed by atoms with Gasteiger partial charge >= 0.3 is 0 Å². The molecule has 1 aromatic rings. The monoisotopic (exact) mass is 276 g/mol. The van der Waals surface area contributed by atoms with Crippen molar-refractivity contribution >= 4 is 5.91 Å². The van der Waals surface area contributed by atoms with E-state index in [2.05, 4.69) is 38.2 Å². The van der Waals surface area contributed by atoms with E-state index in [-0.39, 0.29) is 17.2 Å². The fourth-order valence-corrected chi connectivity index (χ4v) is 2.32. The largest absolute Gasteiger partial charge is 0.356 e. The number of hydrogen-bond donors (Lipinski definition) is 2. The standard InChI is InChI=1S/C17H28N2O/c1-17(2,3)12-15(13-18)16(20)19-11-7-10-14-8-5-4-6-9-14/h4-6,8-9,15H,7,10-13,18H2,1-3H3,(H,19,20). The van der Waals surface area contributed by atoms with Gasteiger partial charge in [0.1, 0.15) is 0 Å². The smallest absolute Gasteiger partial charge is 0.224 e. The molecule has 20 heavy (non-hydrogen) atoms. The highest BCUT2D eigenvalue weighted by Crippen LogP contribution is 2.23. The number of aryl methyl sites for hydroxylation is 1. The van der Waals surface area contributed by atoms with Gasteiger partial charge in [-0.15, -0.1) is 0 Å². The van der Waals surface area contributed by atoms with Gasteiger partial charge in [-0.25, -0.2) is 0 Å². The van der Waals surface area contributed by atoms with Gasteiger partial charge in [-0.1, -0.05) is 51.1 Å². The molecule has 1 unspecified atom stereocenters. The van der Waals surface area contributed by atoms with Crippen molar-refractivity contribution in [1.82, 2.24) is 5.32 Å². The van der Waals surface area contributed by atoms with Crippen molar-refractivity contribution in [2.75, 3.05) is 13.1 Å². The normalized spacial score (nSPS) is 13.0. The molecule has 1 amide bonds. The van der Waals surface area contributed by atoms with E-state index in [9.17, 15) is 4.79 Å². The van der Waals surface area contributed by atoms with Gasteiger partial charge in [0.2, 0.25) is 5.91 Å². The highest BCUT2D eigenvalue weighted by Gasteiger charge is 2.23. The molecule has 1 aromatic carbocycles. The third-order valence-corrected chi connectivity index (χ3v) is 3.30. The number of carbonyl (C=O) groups excluding carboxylic acids is 1. The van der Waals surface area contributed by atoms with Gasteiger partial charge in [0, 0.05) is 13.1 Å². The minimum atomic E-state index is -0.0771. The van der Waals surface area contributed by atoms with Gasteiger partial charge in [0.25, 0.3) is 0 Å². The zero-order valence-corrected chi connectivity index (χ0v) is 13.0. The molecule has 0 aromatic heterocycles. The van der Waals surface area contributed by atoms with E-state index in [0.717, 1.165) is 19.3 Å². The first-order chi connectivity index (χ1) is 9.42. The minimum Gasteiger partial charge on any atom is -0.356 e. The number of rotatable bonds is 7. The quantitative estimate of drug-likeness (QED) is 0.752. The summed E-state index contributed by atoms with van der Waals surface area (Å²) in [5.74, 6) is 0.0159. The van der Waals surface area contributed by atoms with Crippen LogP contribution in [0.1, 0.15) is 39.2 Å². The van der Waals surface area contributed by atoms with Crippen LogP contribution < -0.4 is 11.1 Å². The highest BCUT2D eigenvalue weighted by molar-refractivity contribution is 5.78. The highest BCUT2D eigenvalue weighted by atomic mass is 16.1. The Morgan fingerprint density at radius 1 is 1.25 bits per heavy atom. The molecule has 0 aliphatic carbocycles. The Balaban J connectivity index is 2.28. The molecule has 0 spiro atoms. The average Bonchev–Trinajstić information content (AvgIpc) is 2.41. The first kappa shape index (κ1) is 16.7. The van der Waals surface area contributed by atoms with Crippen molar-refractivity contribution in [3.63, 3.8) is 0 Å². The number of hydrogen-bond acceptors (Lipinski definition) is 2. The first-order valence-electron chi connectivity index (χ1n) is 7.44. The van der Waals surface area contributed by atoms with E-state index >= 15 is 0 Å². The van der Waals surface area contributed by atoms with E-state index in [1.165, 1.54) is 5.56 Å². The van der Waals surface area contributed by atoms with Crippen molar-refractivity contribution in [2.45, 2.75) is 40.0 Å². The number of nitrogens with two attached hydrogens (primary N) is 1. The van der Waals surface area contributed by atoms with E-state index in [4.69, 9.17) is 5.73 Å². The van der Waals surface area contributed by atoms with Gasteiger partial charge in [-0.3, -0.25) is 4.79 Å². The Kier molecular flexibility index (Phi) is 6.73. The molecule has 0 radical (unpaired) electrons. The van der Waals surface area contributed by atoms with E-state index in [0.29, 0.717) is 13.1 Å². The summed E-state index contributed by atoms with van der Waals surface area (Å²) in [4.78, 5) is 12.1. The zero-order chi connectivity index (χ0) is 15.0. The maximum atomic E-state index is 12.1. The molecule has 0 aliphatic rings. The lowest BCUT2D eigenvalue weighted by Gasteiger charge is -2.24. The summed E-state index contributed by atoms with van der Waals surface area (Å²) >= 11 is 0. The molecule has 3 N–H and O–H groups in total. The Bertz CT molecular complexity index is 395. The molecule has 0 saturated heterocycles. The Hall–Kier alpha value is -1.35. The third kappa shape index (κ3) is 6.71. The number of benzene rings is 1. The SMILES string of the molecule is CC(C)(C)CC(CN)C(=O)NCCCc1ccccc1. The number of amides is 1. The predicted molar refractivity (Wildman–Crippen MR) is 84.4 cm³/mol. The second-order valence-corrected chi connectivity index (χ2v) is 6.58. The summed E-state index contributed by atoms with van der Waals surface area (Å²) in [7, 11) is 0. The van der Waals surface area contributed by atoms with Crippen molar-refractivity contribution in [1.29, 1.82) is 0 Å².